The van der Waals surface area contributed by atoms with Crippen molar-refractivity contribution < 1.29 is 33.5 Å². The van der Waals surface area contributed by atoms with Crippen LogP contribution in [0.1, 0.15) is 38.8 Å². The second-order valence-corrected chi connectivity index (χ2v) is 10.3. The number of carbonyl (C=O) groups is 6. The van der Waals surface area contributed by atoms with Crippen molar-refractivity contribution in [1.82, 2.24) is 21.3 Å². The van der Waals surface area contributed by atoms with Crippen molar-refractivity contribution in [3.8, 4) is 5.75 Å². The summed E-state index contributed by atoms with van der Waals surface area (Å²) in [4.78, 5) is 73.4. The third-order valence-corrected chi connectivity index (χ3v) is 6.14. The summed E-state index contributed by atoms with van der Waals surface area (Å²) in [6, 6.07) is 12.4. The second-order valence-electron chi connectivity index (χ2n) is 10.3. The first kappa shape index (κ1) is 33.4. The lowest BCUT2D eigenvalue weighted by Gasteiger charge is -2.26. The molecule has 13 heteroatoms. The maximum atomic E-state index is 12.9. The largest absolute Gasteiger partial charge is 0.427 e. The van der Waals surface area contributed by atoms with E-state index in [1.165, 1.54) is 27.7 Å². The maximum absolute atomic E-state index is 12.9. The summed E-state index contributed by atoms with van der Waals surface area (Å²) in [5.41, 5.74) is 11.5. The Morgan fingerprint density at radius 2 is 1.43 bits per heavy atom. The van der Waals surface area contributed by atoms with Crippen molar-refractivity contribution >= 4 is 35.5 Å². The molecule has 2 aromatic carbocycles. The van der Waals surface area contributed by atoms with Gasteiger partial charge in [0, 0.05) is 13.3 Å². The Labute approximate surface area is 244 Å². The number of esters is 1. The van der Waals surface area contributed by atoms with Gasteiger partial charge in [-0.05, 0) is 50.5 Å². The van der Waals surface area contributed by atoms with Gasteiger partial charge in [0.15, 0.2) is 0 Å². The highest BCUT2D eigenvalue weighted by atomic mass is 16.5. The normalized spacial score (nSPS) is 13.1. The first-order valence-electron chi connectivity index (χ1n) is 13.2. The van der Waals surface area contributed by atoms with E-state index in [1.54, 1.807) is 54.6 Å². The highest BCUT2D eigenvalue weighted by Crippen LogP contribution is 2.13. The van der Waals surface area contributed by atoms with E-state index in [0.29, 0.717) is 5.75 Å². The van der Waals surface area contributed by atoms with Crippen LogP contribution >= 0.6 is 0 Å². The molecule has 42 heavy (non-hydrogen) atoms. The van der Waals surface area contributed by atoms with E-state index >= 15 is 0 Å². The van der Waals surface area contributed by atoms with E-state index in [2.05, 4.69) is 21.3 Å². The van der Waals surface area contributed by atoms with E-state index < -0.39 is 65.7 Å². The van der Waals surface area contributed by atoms with Crippen LogP contribution in [-0.2, 0) is 41.6 Å². The average molecular weight is 583 g/mol. The standard InChI is InChI=1S/C29H38N6O7/c1-17(33-26(39)22(30)14-20-10-12-21(13-11-20)42-18(2)36)25(38)32-16-24(37)34-23(15-19-8-6-5-7-9-19)27(40)35-29(3,4)28(31)41/h5-13,17,22-23H,14-16,30H2,1-4H3,(H2,31,41)(H,32,38)(H,33,39)(H,34,37)(H,35,40)/t17-,22+,23+/m1/s1. The molecule has 0 aromatic heterocycles. The van der Waals surface area contributed by atoms with Gasteiger partial charge in [-0.15, -0.1) is 0 Å². The van der Waals surface area contributed by atoms with Crippen molar-refractivity contribution in [2.75, 3.05) is 6.54 Å². The fraction of sp³-hybridized carbons (Fsp3) is 0.379. The van der Waals surface area contributed by atoms with Gasteiger partial charge in [-0.3, -0.25) is 28.8 Å². The van der Waals surface area contributed by atoms with Gasteiger partial charge in [0.2, 0.25) is 29.5 Å². The Morgan fingerprint density at radius 3 is 2.00 bits per heavy atom. The molecule has 2 rings (SSSR count). The third-order valence-electron chi connectivity index (χ3n) is 6.14. The lowest BCUT2D eigenvalue weighted by molar-refractivity contribution is -0.133. The predicted octanol–water partition coefficient (Wildman–Crippen LogP) is -0.790. The Morgan fingerprint density at radius 1 is 0.833 bits per heavy atom. The first-order valence-corrected chi connectivity index (χ1v) is 13.2. The second kappa shape index (κ2) is 15.3. The van der Waals surface area contributed by atoms with Crippen LogP contribution in [0.15, 0.2) is 54.6 Å². The van der Waals surface area contributed by atoms with Gasteiger partial charge in [0.25, 0.3) is 0 Å². The molecule has 0 aliphatic rings. The summed E-state index contributed by atoms with van der Waals surface area (Å²) in [6.07, 6.45) is 0.290. The molecule has 5 amide bonds. The number of benzene rings is 2. The number of rotatable bonds is 14. The molecule has 0 saturated carbocycles. The van der Waals surface area contributed by atoms with Crippen LogP contribution in [-0.4, -0.2) is 65.7 Å². The number of primary amides is 1. The number of nitrogens with two attached hydrogens (primary N) is 2. The monoisotopic (exact) mass is 582 g/mol. The summed E-state index contributed by atoms with van der Waals surface area (Å²) in [7, 11) is 0. The zero-order valence-electron chi connectivity index (χ0n) is 24.1. The minimum absolute atomic E-state index is 0.123. The van der Waals surface area contributed by atoms with Crippen molar-refractivity contribution in [3.63, 3.8) is 0 Å². The zero-order valence-corrected chi connectivity index (χ0v) is 24.1. The first-order chi connectivity index (χ1) is 19.7. The summed E-state index contributed by atoms with van der Waals surface area (Å²) < 4.78 is 4.97. The lowest BCUT2D eigenvalue weighted by atomic mass is 10.0. The summed E-state index contributed by atoms with van der Waals surface area (Å²) in [5, 5.41) is 10.0. The van der Waals surface area contributed by atoms with Crippen molar-refractivity contribution in [3.05, 3.63) is 65.7 Å². The van der Waals surface area contributed by atoms with Crippen molar-refractivity contribution in [2.24, 2.45) is 11.5 Å². The van der Waals surface area contributed by atoms with Crippen LogP contribution in [0.25, 0.3) is 0 Å². The molecule has 0 unspecified atom stereocenters. The molecule has 0 saturated heterocycles. The number of hydrogen-bond donors (Lipinski definition) is 6. The molecule has 13 nitrogen and oxygen atoms in total. The van der Waals surface area contributed by atoms with E-state index in [0.717, 1.165) is 11.1 Å². The number of carbonyl (C=O) groups excluding carboxylic acids is 6. The molecule has 0 spiro atoms. The van der Waals surface area contributed by atoms with Gasteiger partial charge < -0.3 is 37.5 Å². The molecule has 8 N–H and O–H groups in total. The molecular weight excluding hydrogens is 544 g/mol. The number of hydrogen-bond acceptors (Lipinski definition) is 8. The molecule has 226 valence electrons. The highest BCUT2D eigenvalue weighted by Gasteiger charge is 2.31. The van der Waals surface area contributed by atoms with Crippen LogP contribution in [0, 0.1) is 0 Å². The maximum Gasteiger partial charge on any atom is 0.308 e. The van der Waals surface area contributed by atoms with Gasteiger partial charge in [-0.25, -0.2) is 0 Å². The van der Waals surface area contributed by atoms with Gasteiger partial charge in [0.1, 0.15) is 23.4 Å². The molecular formula is C29H38N6O7. The van der Waals surface area contributed by atoms with Crippen molar-refractivity contribution in [1.29, 1.82) is 0 Å². The smallest absolute Gasteiger partial charge is 0.308 e. The minimum atomic E-state index is -1.35. The number of nitrogens with one attached hydrogen (secondary N) is 4. The van der Waals surface area contributed by atoms with E-state index in [1.807, 2.05) is 0 Å². The quantitative estimate of drug-likeness (QED) is 0.122. The Balaban J connectivity index is 1.90. The van der Waals surface area contributed by atoms with E-state index in [4.69, 9.17) is 16.2 Å². The van der Waals surface area contributed by atoms with Crippen LogP contribution in [0.3, 0.4) is 0 Å². The molecule has 0 bridgehead atoms. The Kier molecular flexibility index (Phi) is 12.2. The summed E-state index contributed by atoms with van der Waals surface area (Å²) in [6.45, 7) is 5.13. The molecule has 0 aliphatic carbocycles. The van der Waals surface area contributed by atoms with Crippen molar-refractivity contribution in [2.45, 2.75) is 64.2 Å². The zero-order chi connectivity index (χ0) is 31.4. The van der Waals surface area contributed by atoms with Gasteiger partial charge in [-0.1, -0.05) is 42.5 Å². The average Bonchev–Trinajstić information content (AvgIpc) is 2.92. The van der Waals surface area contributed by atoms with Gasteiger partial charge in [-0.2, -0.15) is 0 Å². The highest BCUT2D eigenvalue weighted by molar-refractivity contribution is 5.95. The molecule has 0 heterocycles. The van der Waals surface area contributed by atoms with Gasteiger partial charge in [0.05, 0.1) is 12.6 Å². The van der Waals surface area contributed by atoms with Crippen LogP contribution in [0.2, 0.25) is 0 Å². The molecule has 0 radical (unpaired) electrons. The predicted molar refractivity (Wildman–Crippen MR) is 154 cm³/mol. The number of ether oxygens (including phenoxy) is 1. The fourth-order valence-corrected chi connectivity index (χ4v) is 3.67. The molecule has 0 aliphatic heterocycles. The molecule has 3 atom stereocenters. The van der Waals surface area contributed by atoms with Crippen LogP contribution in [0.5, 0.6) is 5.75 Å². The van der Waals surface area contributed by atoms with E-state index in [-0.39, 0.29) is 12.8 Å². The fourth-order valence-electron chi connectivity index (χ4n) is 3.67. The Bertz CT molecular complexity index is 1280. The molecule has 0 fully saturated rings. The topological polar surface area (TPSA) is 212 Å². The molecule has 2 aromatic rings. The third kappa shape index (κ3) is 11.0. The lowest BCUT2D eigenvalue weighted by Crippen LogP contribution is -2.59. The van der Waals surface area contributed by atoms with E-state index in [9.17, 15) is 28.8 Å². The summed E-state index contributed by atoms with van der Waals surface area (Å²) in [5.74, 6) is -3.36. The number of amides is 5. The SMILES string of the molecule is CC(=O)Oc1ccc(C[C@H](N)C(=O)N[C@H](C)C(=O)NCC(=O)N[C@@H](Cc2ccccc2)C(=O)NC(C)(C)C(N)=O)cc1. The minimum Gasteiger partial charge on any atom is -0.427 e. The van der Waals surface area contributed by atoms with Crippen LogP contribution in [0.4, 0.5) is 0 Å². The Hall–Kier alpha value is -4.78. The van der Waals surface area contributed by atoms with Crippen LogP contribution < -0.4 is 37.5 Å². The summed E-state index contributed by atoms with van der Waals surface area (Å²) >= 11 is 0. The van der Waals surface area contributed by atoms with Gasteiger partial charge >= 0.3 is 5.97 Å².